The molecule has 1 heterocycles. The van der Waals surface area contributed by atoms with Crippen LogP contribution < -0.4 is 19.5 Å². The quantitative estimate of drug-likeness (QED) is 0.0505. The van der Waals surface area contributed by atoms with Gasteiger partial charge in [-0.25, -0.2) is 28.8 Å². The van der Waals surface area contributed by atoms with Gasteiger partial charge in [0.05, 0.1) is 0 Å². The minimum Gasteiger partial charge on any atom is -0.491 e. The summed E-state index contributed by atoms with van der Waals surface area (Å²) in [7, 11) is 1.41. The van der Waals surface area contributed by atoms with E-state index >= 15 is 0 Å². The molecule has 9 aromatic rings. The largest absolute Gasteiger partial charge is 0.491 e. The van der Waals surface area contributed by atoms with E-state index < -0.39 is 54.3 Å². The van der Waals surface area contributed by atoms with Crippen LogP contribution in [0.15, 0.2) is 218 Å². The first kappa shape index (κ1) is 65.1. The highest BCUT2D eigenvalue weighted by Crippen LogP contribution is 2.47. The molecule has 0 unspecified atom stereocenters. The molecule has 9 aromatic carbocycles. The van der Waals surface area contributed by atoms with Crippen molar-refractivity contribution >= 4 is 36.2 Å². The van der Waals surface area contributed by atoms with E-state index in [1.54, 1.807) is 18.2 Å². The predicted molar refractivity (Wildman–Crippen MR) is 356 cm³/mol. The topological polar surface area (TPSA) is 226 Å². The van der Waals surface area contributed by atoms with Crippen LogP contribution in [0.2, 0.25) is 0 Å². The number of esters is 1. The van der Waals surface area contributed by atoms with Crippen molar-refractivity contribution in [2.24, 2.45) is 0 Å². The van der Waals surface area contributed by atoms with Gasteiger partial charge in [-0.05, 0) is 141 Å². The monoisotopic (exact) mass is 1280 g/mol. The van der Waals surface area contributed by atoms with Crippen LogP contribution in [-0.2, 0) is 33.3 Å². The molecule has 0 saturated carbocycles. The summed E-state index contributed by atoms with van der Waals surface area (Å²) in [5, 5.41) is 21.5. The number of ether oxygens (including phenoxy) is 7. The van der Waals surface area contributed by atoms with Crippen LogP contribution in [0.4, 0.5) is 14.4 Å². The molecular formula is C77H71N3O15. The number of fused-ring (bicyclic) bond motifs is 9. The van der Waals surface area contributed by atoms with Crippen LogP contribution in [-0.4, -0.2) is 128 Å². The van der Waals surface area contributed by atoms with Gasteiger partial charge < -0.3 is 48.7 Å². The number of likely N-dealkylation sites (N-methyl/N-ethyl adjacent to an activating group) is 1. The van der Waals surface area contributed by atoms with Gasteiger partial charge in [0.15, 0.2) is 24.9 Å². The maximum atomic E-state index is 12.9. The third-order valence-corrected chi connectivity index (χ3v) is 17.1. The fourth-order valence-corrected chi connectivity index (χ4v) is 12.2. The molecule has 95 heavy (non-hydrogen) atoms. The molecule has 3 N–H and O–H groups in total. The number of aliphatic carboxylic acids is 2. The Morgan fingerprint density at radius 1 is 0.474 bits per heavy atom. The molecule has 1 saturated heterocycles. The number of hydrogen-bond acceptors (Lipinski definition) is 13. The number of aryl methyl sites for hydroxylation is 3. The number of amides is 3. The molecule has 18 heteroatoms. The molecule has 0 bridgehead atoms. The second kappa shape index (κ2) is 29.9. The molecule has 0 aromatic heterocycles. The molecule has 4 aliphatic rings. The van der Waals surface area contributed by atoms with Gasteiger partial charge in [-0.1, -0.05) is 182 Å². The Bertz CT molecular complexity index is 4100. The normalized spacial score (nSPS) is 14.4. The number of alkyl carbamates (subject to hydrolysis) is 1. The van der Waals surface area contributed by atoms with E-state index in [0.717, 1.165) is 88.4 Å². The van der Waals surface area contributed by atoms with Crippen molar-refractivity contribution in [2.75, 3.05) is 53.4 Å². The maximum Gasteiger partial charge on any atom is 0.413 e. The molecule has 3 amide bonds. The number of cyclic esters (lactones) is 1. The summed E-state index contributed by atoms with van der Waals surface area (Å²) in [6.07, 6.45) is -2.08. The fraction of sp³-hybridized carbons (Fsp3) is 0.221. The highest BCUT2D eigenvalue weighted by molar-refractivity contribution is 5.85. The number of nitrogens with one attached hydrogen (secondary N) is 1. The average molecular weight is 1280 g/mol. The lowest BCUT2D eigenvalue weighted by atomic mass is 9.98. The standard InChI is InChI=1S/C26H23NO5.C26H25NO5.C25H23NO5/c1-17-7-6-8-18(13-17)30-15-24-25(28)32-16-27(24)26(29)31-14-23-21-11-4-2-9-19(21)20-10-3-5-12-22(20)23;1-17-8-7-9-18(14-17)31-16-24(25(28)29)27(2)26(30)32-15-23-21-12-5-3-10-19(21)20-11-4-6-13-22(20)23;1-16-7-6-8-17(13-16)30-15-23(24(27)28)26-25(29)31-14-22-20-11-4-2-9-18(20)19-10-3-5-12-21(19)22/h2-13,23-24H,14-16H2,1H3;3-14,23-24H,15-16H2,1-2H3,(H,28,29);2-13,22-23H,14-15H2,1H3,(H,26,29)(H,27,28)/t2*24-;23-/m000/s1. The van der Waals surface area contributed by atoms with E-state index in [2.05, 4.69) is 53.8 Å². The van der Waals surface area contributed by atoms with Crippen molar-refractivity contribution in [2.45, 2.75) is 56.7 Å². The van der Waals surface area contributed by atoms with Gasteiger partial charge >= 0.3 is 36.2 Å². The van der Waals surface area contributed by atoms with Gasteiger partial charge in [-0.3, -0.25) is 9.80 Å². The summed E-state index contributed by atoms with van der Waals surface area (Å²) >= 11 is 0. The van der Waals surface area contributed by atoms with Crippen molar-refractivity contribution < 1.29 is 72.1 Å². The Balaban J connectivity index is 0.000000145. The van der Waals surface area contributed by atoms with Crippen LogP contribution in [0.3, 0.4) is 0 Å². The smallest absolute Gasteiger partial charge is 0.413 e. The minimum atomic E-state index is -1.23. The number of rotatable bonds is 19. The summed E-state index contributed by atoms with van der Waals surface area (Å²) in [6.45, 7) is 5.70. The lowest BCUT2D eigenvalue weighted by Crippen LogP contribution is -2.46. The highest BCUT2D eigenvalue weighted by Gasteiger charge is 2.41. The summed E-state index contributed by atoms with van der Waals surface area (Å²) in [5.74, 6) is -1.35. The van der Waals surface area contributed by atoms with E-state index in [4.69, 9.17) is 33.2 Å². The zero-order chi connectivity index (χ0) is 66.5. The average Bonchev–Trinajstić information content (AvgIpc) is 1.64. The first-order valence-corrected chi connectivity index (χ1v) is 31.1. The zero-order valence-electron chi connectivity index (χ0n) is 52.8. The van der Waals surface area contributed by atoms with E-state index in [0.29, 0.717) is 17.2 Å². The summed E-state index contributed by atoms with van der Waals surface area (Å²) in [4.78, 5) is 75.9. The van der Waals surface area contributed by atoms with Crippen molar-refractivity contribution in [3.63, 3.8) is 0 Å². The Labute approximate surface area is 550 Å². The molecule has 0 radical (unpaired) electrons. The second-order valence-electron chi connectivity index (χ2n) is 23.4. The first-order valence-electron chi connectivity index (χ1n) is 31.1. The molecule has 3 aliphatic carbocycles. The van der Waals surface area contributed by atoms with Crippen molar-refractivity contribution in [1.82, 2.24) is 15.1 Å². The molecule has 0 spiro atoms. The third kappa shape index (κ3) is 15.2. The summed E-state index contributed by atoms with van der Waals surface area (Å²) in [6, 6.07) is 67.3. The van der Waals surface area contributed by atoms with Crippen molar-refractivity contribution in [3.05, 3.63) is 268 Å². The van der Waals surface area contributed by atoms with Gasteiger partial charge in [0.25, 0.3) is 0 Å². The Morgan fingerprint density at radius 3 is 1.23 bits per heavy atom. The minimum absolute atomic E-state index is 0.00643. The molecular weight excluding hydrogens is 1210 g/mol. The van der Waals surface area contributed by atoms with Crippen LogP contribution in [0.1, 0.15) is 67.8 Å². The lowest BCUT2D eigenvalue weighted by Gasteiger charge is -2.25. The van der Waals surface area contributed by atoms with Gasteiger partial charge in [-0.2, -0.15) is 0 Å². The van der Waals surface area contributed by atoms with E-state index in [1.165, 1.54) is 11.9 Å². The van der Waals surface area contributed by atoms with Gasteiger partial charge in [0.2, 0.25) is 0 Å². The number of hydrogen-bond donors (Lipinski definition) is 3. The van der Waals surface area contributed by atoms with E-state index in [1.807, 2.05) is 172 Å². The number of carboxylic acid groups (broad SMARTS) is 2. The Morgan fingerprint density at radius 2 is 0.842 bits per heavy atom. The molecule has 484 valence electrons. The van der Waals surface area contributed by atoms with Gasteiger partial charge in [0, 0.05) is 24.8 Å². The Hall–Kier alpha value is -11.4. The summed E-state index contributed by atoms with van der Waals surface area (Å²) < 4.78 is 38.7. The Kier molecular flexibility index (Phi) is 20.5. The number of carbonyl (C=O) groups is 6. The SMILES string of the molecule is Cc1cccc(OC[C@@H](C(=O)O)N(C)C(=O)OCC2c3ccccc3-c3ccccc32)c1.Cc1cccc(OC[C@H](NC(=O)OCC2c3ccccc3-c3ccccc32)C(=O)O)c1.Cc1cccc(OC[C@H]2C(=O)OCN2C(=O)OCC2c3ccccc3-c3ccccc32)c1. The fourth-order valence-electron chi connectivity index (χ4n) is 12.2. The van der Waals surface area contributed by atoms with Crippen molar-refractivity contribution in [3.8, 4) is 50.6 Å². The van der Waals surface area contributed by atoms with Crippen molar-refractivity contribution in [1.29, 1.82) is 0 Å². The van der Waals surface area contributed by atoms with E-state index in [9.17, 15) is 39.0 Å². The third-order valence-electron chi connectivity index (χ3n) is 17.1. The number of carboxylic acids is 2. The van der Waals surface area contributed by atoms with Gasteiger partial charge in [0.1, 0.15) is 56.9 Å². The maximum absolute atomic E-state index is 12.9. The van der Waals surface area contributed by atoms with Crippen LogP contribution in [0.5, 0.6) is 17.2 Å². The number of carbonyl (C=O) groups excluding carboxylic acids is 4. The first-order chi connectivity index (χ1) is 46.1. The number of benzene rings is 9. The zero-order valence-corrected chi connectivity index (χ0v) is 52.8. The lowest BCUT2D eigenvalue weighted by molar-refractivity contribution is -0.143. The van der Waals surface area contributed by atoms with Crippen LogP contribution >= 0.6 is 0 Å². The predicted octanol–water partition coefficient (Wildman–Crippen LogP) is 13.6. The highest BCUT2D eigenvalue weighted by atomic mass is 16.6. The van der Waals surface area contributed by atoms with Crippen LogP contribution in [0, 0.1) is 20.8 Å². The second-order valence-corrected chi connectivity index (χ2v) is 23.4. The molecule has 13 rings (SSSR count). The number of nitrogens with zero attached hydrogens (tertiary/aromatic N) is 2. The summed E-state index contributed by atoms with van der Waals surface area (Å²) in [5.41, 5.74) is 16.5. The van der Waals surface area contributed by atoms with E-state index in [-0.39, 0.29) is 64.1 Å². The molecule has 3 atom stereocenters. The van der Waals surface area contributed by atoms with Crippen LogP contribution in [0.25, 0.3) is 33.4 Å². The molecule has 1 fully saturated rings. The molecule has 18 nitrogen and oxygen atoms in total. The van der Waals surface area contributed by atoms with Gasteiger partial charge in [-0.15, -0.1) is 0 Å². The molecule has 1 aliphatic heterocycles.